The van der Waals surface area contributed by atoms with E-state index in [2.05, 4.69) is 43.0 Å². The van der Waals surface area contributed by atoms with Crippen LogP contribution in [0.1, 0.15) is 130 Å². The standard InChI is InChI=1S/C42H68N6O6/c1-41(2,3)53-30-36(46-37(49)29-34-21-19-33(20-22-34)17-11-8-14-27-48-28-26-43-31-48)39(51)47-35(18-12-13-24-45-40(52)54-42(4,5)6)38(50)44-25-23-32-15-9-7-10-16-32/h19-22,26,28,31-32,35-36H,7-18,23-25,27,29-30H2,1-6H3,(H,44,50)(H,45,52)(H,46,49)(H,47,51)/t35-,36-/m0/s1. The first-order chi connectivity index (χ1) is 25.7. The second kappa shape index (κ2) is 23.1. The number of aryl methyl sites for hydroxylation is 2. The van der Waals surface area contributed by atoms with Crippen LogP contribution in [-0.4, -0.2) is 76.3 Å². The molecule has 0 saturated heterocycles. The topological polar surface area (TPSA) is 153 Å². The van der Waals surface area contributed by atoms with Gasteiger partial charge in [0, 0.05) is 32.0 Å². The number of ether oxygens (including phenoxy) is 2. The summed E-state index contributed by atoms with van der Waals surface area (Å²) >= 11 is 0. The molecular weight excluding hydrogens is 684 g/mol. The molecular formula is C42H68N6O6. The zero-order valence-electron chi connectivity index (χ0n) is 33.8. The Bertz CT molecular complexity index is 1390. The molecule has 54 heavy (non-hydrogen) atoms. The van der Waals surface area contributed by atoms with Crippen molar-refractivity contribution in [2.24, 2.45) is 5.92 Å². The van der Waals surface area contributed by atoms with Crippen LogP contribution in [0.4, 0.5) is 4.79 Å². The number of nitrogens with zero attached hydrogens (tertiary/aromatic N) is 2. The van der Waals surface area contributed by atoms with E-state index < -0.39 is 35.3 Å². The quantitative estimate of drug-likeness (QED) is 0.102. The Hall–Kier alpha value is -3.93. The third-order valence-electron chi connectivity index (χ3n) is 9.46. The van der Waals surface area contributed by atoms with Gasteiger partial charge in [-0.15, -0.1) is 0 Å². The van der Waals surface area contributed by atoms with E-state index in [-0.39, 0.29) is 24.8 Å². The Morgan fingerprint density at radius 3 is 2.19 bits per heavy atom. The Kier molecular flexibility index (Phi) is 19.0. The highest BCUT2D eigenvalue weighted by Gasteiger charge is 2.28. The average Bonchev–Trinajstić information content (AvgIpc) is 3.63. The number of unbranched alkanes of at least 4 members (excludes halogenated alkanes) is 3. The lowest BCUT2D eigenvalue weighted by atomic mass is 9.87. The van der Waals surface area contributed by atoms with Crippen LogP contribution < -0.4 is 21.3 Å². The lowest BCUT2D eigenvalue weighted by molar-refractivity contribution is -0.134. The lowest BCUT2D eigenvalue weighted by Gasteiger charge is -2.27. The Labute approximate surface area is 323 Å². The molecule has 0 aliphatic heterocycles. The lowest BCUT2D eigenvalue weighted by Crippen LogP contribution is -2.56. The van der Waals surface area contributed by atoms with Crippen LogP contribution in [0, 0.1) is 5.92 Å². The van der Waals surface area contributed by atoms with E-state index in [4.69, 9.17) is 9.47 Å². The maximum absolute atomic E-state index is 13.8. The van der Waals surface area contributed by atoms with Gasteiger partial charge in [-0.2, -0.15) is 0 Å². The summed E-state index contributed by atoms with van der Waals surface area (Å²) < 4.78 is 13.4. The fourth-order valence-electron chi connectivity index (χ4n) is 6.51. The maximum Gasteiger partial charge on any atom is 0.407 e. The molecule has 302 valence electrons. The number of hydrogen-bond acceptors (Lipinski definition) is 7. The first-order valence-electron chi connectivity index (χ1n) is 20.2. The number of aromatic nitrogens is 2. The minimum atomic E-state index is -0.996. The van der Waals surface area contributed by atoms with Gasteiger partial charge in [0.2, 0.25) is 17.7 Å². The molecule has 0 spiro atoms. The summed E-state index contributed by atoms with van der Waals surface area (Å²) in [6.07, 6.45) is 18.1. The fraction of sp³-hybridized carbons (Fsp3) is 0.690. The molecule has 1 heterocycles. The van der Waals surface area contributed by atoms with Crippen LogP contribution in [0.2, 0.25) is 0 Å². The first-order valence-corrected chi connectivity index (χ1v) is 20.2. The van der Waals surface area contributed by atoms with Crippen LogP contribution in [0.15, 0.2) is 43.0 Å². The fourth-order valence-corrected chi connectivity index (χ4v) is 6.51. The number of carbonyl (C=O) groups excluding carboxylic acids is 4. The summed E-state index contributed by atoms with van der Waals surface area (Å²) in [5.41, 5.74) is 0.934. The highest BCUT2D eigenvalue weighted by atomic mass is 16.6. The van der Waals surface area contributed by atoms with Crippen LogP contribution in [0.3, 0.4) is 0 Å². The van der Waals surface area contributed by atoms with Gasteiger partial charge in [0.05, 0.1) is 25.0 Å². The molecule has 1 aromatic carbocycles. The number of benzene rings is 1. The zero-order valence-corrected chi connectivity index (χ0v) is 33.8. The van der Waals surface area contributed by atoms with E-state index in [1.165, 1.54) is 37.7 Å². The summed E-state index contributed by atoms with van der Waals surface area (Å²) in [5, 5.41) is 11.6. The third kappa shape index (κ3) is 19.4. The van der Waals surface area contributed by atoms with Crippen molar-refractivity contribution in [2.45, 2.75) is 161 Å². The van der Waals surface area contributed by atoms with Crippen molar-refractivity contribution in [1.82, 2.24) is 30.8 Å². The maximum atomic E-state index is 13.8. The molecule has 3 rings (SSSR count). The number of nitrogens with one attached hydrogen (secondary N) is 4. The number of rotatable bonds is 22. The molecule has 2 aromatic rings. The largest absolute Gasteiger partial charge is 0.444 e. The van der Waals surface area contributed by atoms with Gasteiger partial charge in [0.1, 0.15) is 17.7 Å². The number of amides is 4. The van der Waals surface area contributed by atoms with Crippen LogP contribution >= 0.6 is 0 Å². The van der Waals surface area contributed by atoms with Gasteiger partial charge in [-0.25, -0.2) is 9.78 Å². The zero-order chi connectivity index (χ0) is 39.4. The number of alkyl carbamates (subject to hydrolysis) is 1. The summed E-state index contributed by atoms with van der Waals surface area (Å²) in [6.45, 7) is 12.9. The second-order valence-electron chi connectivity index (χ2n) is 16.7. The van der Waals surface area contributed by atoms with Gasteiger partial charge in [-0.05, 0) is 104 Å². The highest BCUT2D eigenvalue weighted by molar-refractivity contribution is 5.92. The number of carbonyl (C=O) groups is 4. The monoisotopic (exact) mass is 753 g/mol. The van der Waals surface area contributed by atoms with E-state index >= 15 is 0 Å². The molecule has 1 fully saturated rings. The molecule has 0 bridgehead atoms. The normalized spacial score (nSPS) is 14.9. The summed E-state index contributed by atoms with van der Waals surface area (Å²) in [4.78, 5) is 56.7. The number of imidazole rings is 1. The molecule has 1 aliphatic rings. The van der Waals surface area contributed by atoms with Gasteiger partial charge in [-0.3, -0.25) is 14.4 Å². The number of hydrogen-bond donors (Lipinski definition) is 4. The minimum absolute atomic E-state index is 0.0450. The molecule has 12 nitrogen and oxygen atoms in total. The van der Waals surface area contributed by atoms with Crippen molar-refractivity contribution in [2.75, 3.05) is 19.7 Å². The third-order valence-corrected chi connectivity index (χ3v) is 9.46. The Morgan fingerprint density at radius 1 is 0.796 bits per heavy atom. The summed E-state index contributed by atoms with van der Waals surface area (Å²) in [7, 11) is 0. The molecule has 1 aromatic heterocycles. The minimum Gasteiger partial charge on any atom is -0.444 e. The van der Waals surface area contributed by atoms with Gasteiger partial charge < -0.3 is 35.3 Å². The van der Waals surface area contributed by atoms with E-state index in [0.29, 0.717) is 38.3 Å². The predicted octanol–water partition coefficient (Wildman–Crippen LogP) is 6.40. The van der Waals surface area contributed by atoms with Crippen molar-refractivity contribution in [1.29, 1.82) is 0 Å². The summed E-state index contributed by atoms with van der Waals surface area (Å²) in [5.74, 6) is -0.420. The molecule has 1 saturated carbocycles. The smallest absolute Gasteiger partial charge is 0.407 e. The van der Waals surface area contributed by atoms with Crippen molar-refractivity contribution < 1.29 is 28.7 Å². The van der Waals surface area contributed by atoms with E-state index in [1.54, 1.807) is 27.0 Å². The van der Waals surface area contributed by atoms with E-state index in [1.807, 2.05) is 45.4 Å². The Morgan fingerprint density at radius 2 is 1.52 bits per heavy atom. The van der Waals surface area contributed by atoms with E-state index in [0.717, 1.165) is 44.2 Å². The highest BCUT2D eigenvalue weighted by Crippen LogP contribution is 2.25. The SMILES string of the molecule is CC(C)(C)OC[C@H](NC(=O)Cc1ccc(CCCCCn2ccnc2)cc1)C(=O)N[C@@H](CCCCNC(=O)OC(C)(C)C)C(=O)NCCC1CCCCC1. The predicted molar refractivity (Wildman–Crippen MR) is 212 cm³/mol. The molecule has 4 N–H and O–H groups in total. The van der Waals surface area contributed by atoms with Crippen molar-refractivity contribution in [3.8, 4) is 0 Å². The molecule has 1 aliphatic carbocycles. The van der Waals surface area contributed by atoms with Crippen molar-refractivity contribution in [3.63, 3.8) is 0 Å². The first kappa shape index (κ1) is 44.5. The Balaban J connectivity index is 1.56. The molecule has 12 heteroatoms. The second-order valence-corrected chi connectivity index (χ2v) is 16.7. The van der Waals surface area contributed by atoms with Gasteiger partial charge in [0.25, 0.3) is 0 Å². The van der Waals surface area contributed by atoms with Gasteiger partial charge in [0.15, 0.2) is 0 Å². The summed E-state index contributed by atoms with van der Waals surface area (Å²) in [6, 6.07) is 6.25. The molecule has 0 unspecified atom stereocenters. The van der Waals surface area contributed by atoms with E-state index in [9.17, 15) is 19.2 Å². The van der Waals surface area contributed by atoms with Crippen molar-refractivity contribution >= 4 is 23.8 Å². The molecule has 2 atom stereocenters. The van der Waals surface area contributed by atoms with Gasteiger partial charge >= 0.3 is 6.09 Å². The average molecular weight is 753 g/mol. The molecule has 0 radical (unpaired) electrons. The van der Waals surface area contributed by atoms with Crippen LogP contribution in [-0.2, 0) is 43.2 Å². The van der Waals surface area contributed by atoms with Crippen LogP contribution in [0.5, 0.6) is 0 Å². The van der Waals surface area contributed by atoms with Crippen LogP contribution in [0.25, 0.3) is 0 Å². The molecule has 4 amide bonds. The van der Waals surface area contributed by atoms with Gasteiger partial charge in [-0.1, -0.05) is 62.8 Å². The van der Waals surface area contributed by atoms with Crippen molar-refractivity contribution in [3.05, 3.63) is 54.1 Å².